The minimum Gasteiger partial charge on any atom is -0.380 e. The van der Waals surface area contributed by atoms with Crippen molar-refractivity contribution >= 4 is 11.8 Å². The third-order valence-corrected chi connectivity index (χ3v) is 5.44. The fourth-order valence-corrected chi connectivity index (χ4v) is 4.33. The van der Waals surface area contributed by atoms with Gasteiger partial charge in [0.15, 0.2) is 0 Å². The van der Waals surface area contributed by atoms with Crippen LogP contribution in [0.2, 0.25) is 0 Å². The van der Waals surface area contributed by atoms with Gasteiger partial charge in [-0.15, -0.1) is 11.8 Å². The summed E-state index contributed by atoms with van der Waals surface area (Å²) in [6.07, 6.45) is 1.72. The van der Waals surface area contributed by atoms with Crippen molar-refractivity contribution in [2.75, 3.05) is 20.6 Å². The topological polar surface area (TPSA) is 23.5 Å². The summed E-state index contributed by atoms with van der Waals surface area (Å²) in [4.78, 5) is 3.37. The first-order chi connectivity index (χ1) is 10.6. The molecule has 3 heteroatoms. The van der Waals surface area contributed by atoms with Gasteiger partial charge in [-0.05, 0) is 50.7 Å². The Morgan fingerprint density at radius 2 is 1.73 bits per heavy atom. The Bertz CT molecular complexity index is 606. The maximum absolute atomic E-state index is 11.6. The highest BCUT2D eigenvalue weighted by molar-refractivity contribution is 7.98. The summed E-state index contributed by atoms with van der Waals surface area (Å²) in [5, 5.41) is 11.6. The van der Waals surface area contributed by atoms with Crippen LogP contribution in [0.3, 0.4) is 0 Å². The minimum absolute atomic E-state index is 0.750. The van der Waals surface area contributed by atoms with Crippen LogP contribution in [0.1, 0.15) is 29.5 Å². The SMILES string of the molecule is CN(C)CCCC1(O)c2ccccc2CSc2ccccc21. The molecule has 116 valence electrons. The van der Waals surface area contributed by atoms with Crippen molar-refractivity contribution in [2.24, 2.45) is 0 Å². The van der Waals surface area contributed by atoms with Gasteiger partial charge in [0.2, 0.25) is 0 Å². The molecule has 1 atom stereocenters. The molecule has 2 aromatic carbocycles. The Hall–Kier alpha value is -1.29. The zero-order valence-electron chi connectivity index (χ0n) is 13.2. The van der Waals surface area contributed by atoms with Gasteiger partial charge in [0.1, 0.15) is 5.60 Å². The monoisotopic (exact) mass is 313 g/mol. The van der Waals surface area contributed by atoms with Crippen molar-refractivity contribution in [1.82, 2.24) is 4.90 Å². The van der Waals surface area contributed by atoms with Crippen molar-refractivity contribution in [1.29, 1.82) is 0 Å². The third kappa shape index (κ3) is 2.94. The quantitative estimate of drug-likeness (QED) is 0.927. The molecular weight excluding hydrogens is 290 g/mol. The molecule has 0 bridgehead atoms. The number of thioether (sulfide) groups is 1. The lowest BCUT2D eigenvalue weighted by molar-refractivity contribution is 0.0635. The van der Waals surface area contributed by atoms with Crippen LogP contribution in [0, 0.1) is 0 Å². The Balaban J connectivity index is 2.05. The molecule has 1 aliphatic heterocycles. The lowest BCUT2D eigenvalue weighted by Crippen LogP contribution is -2.29. The van der Waals surface area contributed by atoms with Crippen molar-refractivity contribution < 1.29 is 5.11 Å². The summed E-state index contributed by atoms with van der Waals surface area (Å²) in [5.41, 5.74) is 2.50. The predicted molar refractivity (Wildman–Crippen MR) is 93.2 cm³/mol. The number of fused-ring (bicyclic) bond motifs is 2. The fourth-order valence-electron chi connectivity index (χ4n) is 3.20. The molecular formula is C19H23NOS. The molecule has 1 N–H and O–H groups in total. The number of nitrogens with zero attached hydrogens (tertiary/aromatic N) is 1. The lowest BCUT2D eigenvalue weighted by atomic mass is 9.80. The van der Waals surface area contributed by atoms with Crippen molar-refractivity contribution in [2.45, 2.75) is 29.1 Å². The van der Waals surface area contributed by atoms with Crippen LogP contribution < -0.4 is 0 Å². The summed E-state index contributed by atoms with van der Waals surface area (Å²) in [7, 11) is 4.16. The van der Waals surface area contributed by atoms with Crippen molar-refractivity contribution in [3.63, 3.8) is 0 Å². The van der Waals surface area contributed by atoms with E-state index in [0.29, 0.717) is 0 Å². The van der Waals surface area contributed by atoms with Crippen LogP contribution in [0.4, 0.5) is 0 Å². The maximum atomic E-state index is 11.6. The molecule has 0 amide bonds. The number of hydrogen-bond acceptors (Lipinski definition) is 3. The molecule has 0 saturated heterocycles. The highest BCUT2D eigenvalue weighted by Gasteiger charge is 2.36. The molecule has 0 fully saturated rings. The van der Waals surface area contributed by atoms with E-state index in [4.69, 9.17) is 0 Å². The molecule has 22 heavy (non-hydrogen) atoms. The number of rotatable bonds is 4. The van der Waals surface area contributed by atoms with Crippen LogP contribution in [-0.2, 0) is 11.4 Å². The van der Waals surface area contributed by atoms with Crippen LogP contribution in [0.15, 0.2) is 53.4 Å². The second-order valence-corrected chi connectivity index (χ2v) is 7.23. The largest absolute Gasteiger partial charge is 0.380 e. The van der Waals surface area contributed by atoms with E-state index in [9.17, 15) is 5.11 Å². The number of hydrogen-bond donors (Lipinski definition) is 1. The second kappa shape index (κ2) is 6.45. The average Bonchev–Trinajstić information content (AvgIpc) is 2.64. The van der Waals surface area contributed by atoms with E-state index < -0.39 is 5.60 Å². The van der Waals surface area contributed by atoms with Gasteiger partial charge in [-0.1, -0.05) is 42.5 Å². The Morgan fingerprint density at radius 1 is 1.05 bits per heavy atom. The average molecular weight is 313 g/mol. The highest BCUT2D eigenvalue weighted by atomic mass is 32.2. The van der Waals surface area contributed by atoms with Crippen molar-refractivity contribution in [3.8, 4) is 0 Å². The van der Waals surface area contributed by atoms with E-state index in [2.05, 4.69) is 55.4 Å². The van der Waals surface area contributed by atoms with Crippen LogP contribution in [0.25, 0.3) is 0 Å². The molecule has 1 aliphatic rings. The van der Waals surface area contributed by atoms with Gasteiger partial charge in [-0.2, -0.15) is 0 Å². The Morgan fingerprint density at radius 3 is 2.50 bits per heavy atom. The summed E-state index contributed by atoms with van der Waals surface area (Å²) in [6, 6.07) is 16.6. The molecule has 0 radical (unpaired) electrons. The van der Waals surface area contributed by atoms with Gasteiger partial charge < -0.3 is 10.0 Å². The zero-order valence-corrected chi connectivity index (χ0v) is 14.1. The minimum atomic E-state index is -0.882. The fraction of sp³-hybridized carbons (Fsp3) is 0.368. The van der Waals surface area contributed by atoms with E-state index in [-0.39, 0.29) is 0 Å². The Kier molecular flexibility index (Phi) is 4.57. The summed E-state index contributed by atoms with van der Waals surface area (Å²) in [5.74, 6) is 0.920. The first kappa shape index (κ1) is 15.6. The number of benzene rings is 2. The molecule has 0 aliphatic carbocycles. The van der Waals surface area contributed by atoms with Gasteiger partial charge in [0.25, 0.3) is 0 Å². The second-order valence-electron chi connectivity index (χ2n) is 6.21. The zero-order chi connectivity index (χ0) is 15.6. The molecule has 2 aromatic rings. The molecule has 1 unspecified atom stereocenters. The van der Waals surface area contributed by atoms with Crippen molar-refractivity contribution in [3.05, 3.63) is 65.2 Å². The molecule has 3 rings (SSSR count). The van der Waals surface area contributed by atoms with Gasteiger partial charge >= 0.3 is 0 Å². The van der Waals surface area contributed by atoms with Gasteiger partial charge in [0, 0.05) is 16.2 Å². The molecule has 1 heterocycles. The molecule has 0 aromatic heterocycles. The lowest BCUT2D eigenvalue weighted by Gasteiger charge is -2.31. The van der Waals surface area contributed by atoms with Crippen LogP contribution >= 0.6 is 11.8 Å². The highest BCUT2D eigenvalue weighted by Crippen LogP contribution is 2.45. The van der Waals surface area contributed by atoms with E-state index in [1.165, 1.54) is 10.5 Å². The van der Waals surface area contributed by atoms with E-state index in [0.717, 1.165) is 36.3 Å². The third-order valence-electron chi connectivity index (χ3n) is 4.32. The smallest absolute Gasteiger partial charge is 0.116 e. The number of aliphatic hydroxyl groups is 1. The van der Waals surface area contributed by atoms with Crippen LogP contribution in [0.5, 0.6) is 0 Å². The standard InChI is InChI=1S/C19H23NOS/c1-20(2)13-7-12-19(21)16-9-4-3-8-15(16)14-22-18-11-6-5-10-17(18)19/h3-6,8-11,21H,7,12-14H2,1-2H3. The normalized spacial score (nSPS) is 20.4. The van der Waals surface area contributed by atoms with Gasteiger partial charge in [-0.3, -0.25) is 0 Å². The first-order valence-electron chi connectivity index (χ1n) is 7.79. The molecule has 0 spiro atoms. The first-order valence-corrected chi connectivity index (χ1v) is 8.77. The van der Waals surface area contributed by atoms with E-state index in [1.54, 1.807) is 0 Å². The van der Waals surface area contributed by atoms with Gasteiger partial charge in [-0.25, -0.2) is 0 Å². The summed E-state index contributed by atoms with van der Waals surface area (Å²) < 4.78 is 0. The summed E-state index contributed by atoms with van der Waals surface area (Å²) in [6.45, 7) is 0.986. The summed E-state index contributed by atoms with van der Waals surface area (Å²) >= 11 is 1.82. The maximum Gasteiger partial charge on any atom is 0.116 e. The predicted octanol–water partition coefficient (Wildman–Crippen LogP) is 3.87. The van der Waals surface area contributed by atoms with E-state index >= 15 is 0 Å². The van der Waals surface area contributed by atoms with Gasteiger partial charge in [0.05, 0.1) is 0 Å². The molecule has 2 nitrogen and oxygen atoms in total. The van der Waals surface area contributed by atoms with Crippen LogP contribution in [-0.4, -0.2) is 30.6 Å². The van der Waals surface area contributed by atoms with E-state index in [1.807, 2.05) is 23.9 Å². The molecule has 0 saturated carbocycles. The Labute approximate surface area is 137 Å².